The number of likely N-dealkylation sites (tertiary alicyclic amines) is 1. The van der Waals surface area contributed by atoms with Gasteiger partial charge in [-0.05, 0) is 300 Å². The molecule has 1 saturated carbocycles. The number of likely N-dealkylation sites (N-methyl/N-ethyl adjacent to an activating group) is 3. The predicted molar refractivity (Wildman–Crippen MR) is 558 cm³/mol. The molecular formula is C110H126F2N16O15S. The maximum atomic E-state index is 15.2. The van der Waals surface area contributed by atoms with Crippen LogP contribution in [0.15, 0.2) is 193 Å². The number of ether oxygens (including phenoxy) is 3. The van der Waals surface area contributed by atoms with Crippen LogP contribution in [0.3, 0.4) is 0 Å². The number of halogens is 2. The summed E-state index contributed by atoms with van der Waals surface area (Å²) in [7, 11) is 1.34. The third-order valence-electron chi connectivity index (χ3n) is 25.0. The summed E-state index contributed by atoms with van der Waals surface area (Å²) in [5.74, 6) is -0.246. The number of amides is 7. The van der Waals surface area contributed by atoms with E-state index in [0.717, 1.165) is 91.1 Å². The van der Waals surface area contributed by atoms with Crippen LogP contribution < -0.4 is 49.1 Å². The van der Waals surface area contributed by atoms with E-state index >= 15 is 4.39 Å². The fourth-order valence-electron chi connectivity index (χ4n) is 17.3. The number of aromatic nitrogens is 3. The van der Waals surface area contributed by atoms with Gasteiger partial charge in [-0.1, -0.05) is 81.4 Å². The minimum absolute atomic E-state index is 0.0618. The quantitative estimate of drug-likeness (QED) is 0.0543. The second-order valence-corrected chi connectivity index (χ2v) is 40.4. The molecule has 0 radical (unpaired) electrons. The first-order chi connectivity index (χ1) is 68.3. The summed E-state index contributed by atoms with van der Waals surface area (Å²) in [5.41, 5.74) is 32.7. The zero-order valence-electron chi connectivity index (χ0n) is 84.2. The van der Waals surface area contributed by atoms with Crippen molar-refractivity contribution in [2.45, 2.75) is 188 Å². The lowest BCUT2D eigenvalue weighted by molar-refractivity contribution is -0.132. The predicted octanol–water partition coefficient (Wildman–Crippen LogP) is 19.9. The summed E-state index contributed by atoms with van der Waals surface area (Å²) in [6.45, 7) is 26.5. The van der Waals surface area contributed by atoms with Crippen LogP contribution in [0.1, 0.15) is 214 Å². The molecule has 12 bridgehead atoms. The van der Waals surface area contributed by atoms with Gasteiger partial charge in [-0.25, -0.2) is 46.5 Å². The van der Waals surface area contributed by atoms with Crippen molar-refractivity contribution in [1.82, 2.24) is 34.6 Å². The molecule has 756 valence electrons. The average Bonchev–Trinajstić information content (AvgIpc) is 1.09. The molecule has 6 atom stereocenters. The number of pyridine rings is 3. The second-order valence-electron chi connectivity index (χ2n) is 38.0. The highest BCUT2D eigenvalue weighted by atomic mass is 32.2. The Morgan fingerprint density at radius 1 is 0.458 bits per heavy atom. The fourth-order valence-corrected chi connectivity index (χ4v) is 18.6. The molecule has 3 aromatic heterocycles. The zero-order chi connectivity index (χ0) is 105. The van der Waals surface area contributed by atoms with Gasteiger partial charge >= 0.3 is 18.3 Å². The fraction of sp³-hybridized carbons (Fsp3) is 0.336. The van der Waals surface area contributed by atoms with Gasteiger partial charge in [-0.15, -0.1) is 0 Å². The summed E-state index contributed by atoms with van der Waals surface area (Å²) < 4.78 is 73.2. The molecule has 34 heteroatoms. The lowest BCUT2D eigenvalue weighted by Crippen LogP contribution is -2.42. The molecular weight excluding hydrogens is 1860 g/mol. The lowest BCUT2D eigenvalue weighted by Gasteiger charge is -2.32. The van der Waals surface area contributed by atoms with E-state index in [4.69, 9.17) is 31.4 Å². The number of anilines is 9. The molecule has 1 aliphatic carbocycles. The van der Waals surface area contributed by atoms with Crippen molar-refractivity contribution in [3.63, 3.8) is 0 Å². The Labute approximate surface area is 837 Å². The number of carbonyl (C=O) groups excluding carboxylic acids is 10. The Morgan fingerprint density at radius 2 is 0.868 bits per heavy atom. The Balaban J connectivity index is 0.000000182. The van der Waals surface area contributed by atoms with Crippen LogP contribution in [0.2, 0.25) is 0 Å². The van der Waals surface area contributed by atoms with Crippen LogP contribution in [0.5, 0.6) is 0 Å². The van der Waals surface area contributed by atoms with E-state index in [-0.39, 0.29) is 119 Å². The number of nitrogens with two attached hydrogens (primary N) is 3. The largest absolute Gasteiger partial charge is 0.449 e. The van der Waals surface area contributed by atoms with Crippen molar-refractivity contribution in [3.8, 4) is 0 Å². The van der Waals surface area contributed by atoms with Gasteiger partial charge in [0.25, 0.3) is 5.91 Å². The molecule has 0 unspecified atom stereocenters. The zero-order valence-corrected chi connectivity index (χ0v) is 85.0. The van der Waals surface area contributed by atoms with Crippen molar-refractivity contribution >= 4 is 153 Å². The van der Waals surface area contributed by atoms with Crippen LogP contribution in [0, 0.1) is 38.3 Å². The molecule has 31 nitrogen and oxygen atoms in total. The van der Waals surface area contributed by atoms with Gasteiger partial charge in [0.15, 0.2) is 9.84 Å². The Morgan fingerprint density at radius 3 is 1.33 bits per heavy atom. The molecule has 12 N–H and O–H groups in total. The number of aryl methyl sites for hydroxylation is 3. The average molecular weight is 1980 g/mol. The minimum Gasteiger partial charge on any atom is -0.449 e. The number of nitrogen functional groups attached to an aromatic ring is 3. The first-order valence-corrected chi connectivity index (χ1v) is 49.2. The molecule has 20 rings (SSSR count). The van der Waals surface area contributed by atoms with Crippen LogP contribution in [0.25, 0.3) is 32.3 Å². The van der Waals surface area contributed by atoms with E-state index in [1.54, 1.807) is 110 Å². The number of ketones is 3. The highest BCUT2D eigenvalue weighted by Crippen LogP contribution is 2.40. The lowest BCUT2D eigenvalue weighted by atomic mass is 9.92. The standard InChI is InChI=1S/C34H36FN5O3.C34H36N6O4.C33H36FN5O5S.3C3H6O/c1-19-12-24-7-9-28(19)20(2)18-43-34(42)39-26-8-6-22(13-21-4-5-21)25(15-26)17-40(3)33(41)31(24)38-27-14-23-10-11-37-32(36)30(23)29(35)16-27;1-20-15-23-5-8-27(20)21(2)19-44-34(43)38-26-7-10-29(32(41)40-13-4-14-40)24(17-26)18-39(3)33(42)30(23)37-25-6-9-28-22(16-25)11-12-36-31(28)35;1-18(2)45(42,43)29-11-8-23-13-22(29)16-39(5)32(40)30(37-24-7-10-26-27(14-24)28(34)15-36-31(26)35)21-6-9-25(19(3)12-21)20(4)17-44-33(41)38-23;3*1-3(2)4/h6-12,14-16,20-21,31,38H,4-5,13,17-18H2,1-3H3,(H2,36,37)(H,39,42);5-12,15-17,21,30,37H,4,13-14,18-19H2,1-3H3,(H2,35,36)(H,38,43);6-15,18,20,30,37H,16-17H2,1-5H3,(H2,35,36)(H,38,41);3*1-2H3/t20-,31+;21-,30+;20-,30+;;;/m000.../s1. The topological polar surface area (TPSA) is 434 Å². The Hall–Kier alpha value is -15.5. The number of sulfone groups is 1. The smallest absolute Gasteiger partial charge is 0.411 e. The van der Waals surface area contributed by atoms with Crippen molar-refractivity contribution in [3.05, 3.63) is 278 Å². The van der Waals surface area contributed by atoms with E-state index in [1.165, 1.54) is 83.7 Å². The molecule has 10 heterocycles. The number of nitrogens with one attached hydrogen (secondary N) is 6. The molecule has 144 heavy (non-hydrogen) atoms. The van der Waals surface area contributed by atoms with E-state index in [1.807, 2.05) is 139 Å². The van der Waals surface area contributed by atoms with E-state index < -0.39 is 63.1 Å². The number of benzene rings is 9. The Bertz CT molecular complexity index is 6980. The summed E-state index contributed by atoms with van der Waals surface area (Å²) in [5, 5.41) is 21.0. The minimum atomic E-state index is -3.74. The first kappa shape index (κ1) is 107. The highest BCUT2D eigenvalue weighted by molar-refractivity contribution is 7.92. The normalized spacial score (nSPS) is 17.6. The summed E-state index contributed by atoms with van der Waals surface area (Å²) >= 11 is 0. The van der Waals surface area contributed by atoms with Crippen molar-refractivity contribution < 1.29 is 79.4 Å². The van der Waals surface area contributed by atoms with Crippen molar-refractivity contribution in [2.24, 2.45) is 5.92 Å². The van der Waals surface area contributed by atoms with Gasteiger partial charge in [0.1, 0.15) is 64.6 Å². The third kappa shape index (κ3) is 27.4. The van der Waals surface area contributed by atoms with Gasteiger partial charge < -0.3 is 81.3 Å². The molecule has 1 saturated heterocycles. The number of nitrogens with zero attached hydrogens (tertiary/aromatic N) is 7. The van der Waals surface area contributed by atoms with Crippen molar-refractivity contribution in [1.29, 1.82) is 0 Å². The van der Waals surface area contributed by atoms with Crippen LogP contribution in [-0.2, 0) is 78.9 Å². The molecule has 8 aliphatic rings. The molecule has 7 aliphatic heterocycles. The maximum absolute atomic E-state index is 15.2. The summed E-state index contributed by atoms with van der Waals surface area (Å²) in [6, 6.07) is 47.8. The van der Waals surface area contributed by atoms with Crippen LogP contribution in [0.4, 0.5) is 74.7 Å². The Kier molecular flexibility index (Phi) is 35.3. The van der Waals surface area contributed by atoms with Gasteiger partial charge in [0.05, 0.1) is 41.5 Å². The van der Waals surface area contributed by atoms with E-state index in [9.17, 15) is 60.8 Å². The summed E-state index contributed by atoms with van der Waals surface area (Å²) in [6.07, 6.45) is 6.78. The number of fused-ring (bicyclic) bond motifs is 30. The van der Waals surface area contributed by atoms with Crippen LogP contribution in [-0.4, -0.2) is 162 Å². The van der Waals surface area contributed by atoms with Gasteiger partial charge in [-0.3, -0.25) is 35.1 Å². The number of rotatable bonds is 11. The number of hydrogen-bond acceptors (Lipinski definition) is 24. The highest BCUT2D eigenvalue weighted by Gasteiger charge is 2.35. The number of Topliss-reactive ketones (excluding diaryl/α,β-unsaturated/α-hetero) is 3. The summed E-state index contributed by atoms with van der Waals surface area (Å²) in [4.78, 5) is 141. The van der Waals surface area contributed by atoms with Gasteiger partial charge in [0.2, 0.25) is 17.7 Å². The van der Waals surface area contributed by atoms with E-state index in [2.05, 4.69) is 46.9 Å². The van der Waals surface area contributed by atoms with Gasteiger partial charge in [0, 0.05) is 140 Å². The number of carbonyl (C=O) groups is 10. The van der Waals surface area contributed by atoms with E-state index in [0.29, 0.717) is 92.8 Å². The second kappa shape index (κ2) is 47.4. The first-order valence-electron chi connectivity index (χ1n) is 47.6. The molecule has 2 fully saturated rings. The molecule has 7 amide bonds. The monoisotopic (exact) mass is 1980 g/mol. The SMILES string of the molecule is CC(C)=O.CC(C)=O.CC(C)=O.Cc1cc2ccc1[C@@H](C)COC(=O)Nc1ccc(C(=O)N3CCC3)c(c1)CN(C)C(=O)[C@@H]2Nc1ccc2c(N)nccc2c1.Cc1cc2ccc1[C@@H](C)COC(=O)Nc1ccc(CC3CC3)c(c1)CN(C)C(=O)[C@@H]2Nc1cc(F)c2c(N)nccc2c1.Cc1cc2ccc1[C@@H](C)COC(=O)Nc1ccc(S(=O)(=O)C(C)C)c(c1)CN(C)C(=O)[C@@H]2Nc1ccc2c(N)ncc(F)c2c1. The molecule has 9 aromatic carbocycles. The molecule has 0 spiro atoms. The maximum Gasteiger partial charge on any atom is 0.411 e. The van der Waals surface area contributed by atoms with Crippen molar-refractivity contribution in [2.75, 3.05) is 103 Å². The number of hydrogen-bond donors (Lipinski definition) is 9. The molecule has 12 aromatic rings. The third-order valence-corrected chi connectivity index (χ3v) is 27.3. The van der Waals surface area contributed by atoms with Crippen LogP contribution >= 0.6 is 0 Å². The van der Waals surface area contributed by atoms with Gasteiger partial charge in [-0.2, -0.15) is 0 Å².